The van der Waals surface area contributed by atoms with Crippen molar-refractivity contribution in [3.63, 3.8) is 0 Å². The molecule has 1 amide bonds. The average Bonchev–Trinajstić information content (AvgIpc) is 2.40. The smallest absolute Gasteiger partial charge is 0.225 e. The van der Waals surface area contributed by atoms with E-state index < -0.39 is 0 Å². The largest absolute Gasteiger partial charge is 0.409 e. The van der Waals surface area contributed by atoms with Gasteiger partial charge in [0.1, 0.15) is 5.84 Å². The van der Waals surface area contributed by atoms with E-state index in [4.69, 9.17) is 15.7 Å². The molecule has 0 aliphatic carbocycles. The highest BCUT2D eigenvalue weighted by atomic mass is 16.5. The van der Waals surface area contributed by atoms with Crippen LogP contribution in [0.25, 0.3) is 0 Å². The van der Waals surface area contributed by atoms with Crippen LogP contribution in [0.3, 0.4) is 0 Å². The number of oxime groups is 1. The van der Waals surface area contributed by atoms with Gasteiger partial charge >= 0.3 is 0 Å². The van der Waals surface area contributed by atoms with Crippen molar-refractivity contribution in [3.8, 4) is 0 Å². The molecule has 0 bridgehead atoms. The Morgan fingerprint density at radius 2 is 2.33 bits per heavy atom. The summed E-state index contributed by atoms with van der Waals surface area (Å²) in [7, 11) is 0. The molecule has 1 rings (SSSR count). The Kier molecular flexibility index (Phi) is 6.49. The second-order valence-electron chi connectivity index (χ2n) is 4.51. The van der Waals surface area contributed by atoms with Gasteiger partial charge in [-0.05, 0) is 26.2 Å². The number of carbonyl (C=O) groups excluding carboxylic acids is 1. The van der Waals surface area contributed by atoms with Gasteiger partial charge in [0.25, 0.3) is 0 Å². The number of rotatable bonds is 6. The molecular formula is C12H23N3O3. The first-order valence-corrected chi connectivity index (χ1v) is 6.53. The fraction of sp³-hybridized carbons (Fsp3) is 0.833. The maximum Gasteiger partial charge on any atom is 0.225 e. The zero-order chi connectivity index (χ0) is 13.4. The van der Waals surface area contributed by atoms with Gasteiger partial charge in [0, 0.05) is 26.1 Å². The molecule has 1 aliphatic rings. The first-order valence-electron chi connectivity index (χ1n) is 6.53. The van der Waals surface area contributed by atoms with Crippen LogP contribution in [0.5, 0.6) is 0 Å². The number of hydrogen-bond donors (Lipinski definition) is 2. The van der Waals surface area contributed by atoms with Gasteiger partial charge in [0.15, 0.2) is 0 Å². The van der Waals surface area contributed by atoms with E-state index in [0.29, 0.717) is 25.9 Å². The molecule has 1 saturated heterocycles. The normalized spacial score (nSPS) is 20.7. The SMILES string of the molecule is CCN(CCC(N)=NO)C(=O)CC1CCCCO1. The lowest BCUT2D eigenvalue weighted by atomic mass is 10.1. The number of amidine groups is 1. The molecule has 0 saturated carbocycles. The zero-order valence-corrected chi connectivity index (χ0v) is 11.0. The van der Waals surface area contributed by atoms with Crippen LogP contribution in [-0.2, 0) is 9.53 Å². The fourth-order valence-corrected chi connectivity index (χ4v) is 2.05. The van der Waals surface area contributed by atoms with Crippen molar-refractivity contribution in [1.29, 1.82) is 0 Å². The molecule has 1 fully saturated rings. The quantitative estimate of drug-likeness (QED) is 0.321. The van der Waals surface area contributed by atoms with Crippen molar-refractivity contribution in [2.45, 2.75) is 45.1 Å². The fourth-order valence-electron chi connectivity index (χ4n) is 2.05. The summed E-state index contributed by atoms with van der Waals surface area (Å²) in [5.74, 6) is 0.227. The summed E-state index contributed by atoms with van der Waals surface area (Å²) in [6, 6.07) is 0. The Hall–Kier alpha value is -1.30. The van der Waals surface area contributed by atoms with E-state index in [1.54, 1.807) is 4.90 Å². The van der Waals surface area contributed by atoms with Crippen LogP contribution in [0.2, 0.25) is 0 Å². The Labute approximate surface area is 108 Å². The summed E-state index contributed by atoms with van der Waals surface area (Å²) in [5, 5.41) is 11.4. The Bertz CT molecular complexity index is 288. The zero-order valence-electron chi connectivity index (χ0n) is 11.0. The van der Waals surface area contributed by atoms with Crippen LogP contribution < -0.4 is 5.73 Å². The van der Waals surface area contributed by atoms with Crippen molar-refractivity contribution < 1.29 is 14.7 Å². The number of hydrogen-bond acceptors (Lipinski definition) is 4. The standard InChI is InChI=1S/C12H23N3O3/c1-2-15(7-6-11(13)14-17)12(16)9-10-5-3-4-8-18-10/h10,17H,2-9H2,1H3,(H2,13,14). The average molecular weight is 257 g/mol. The van der Waals surface area contributed by atoms with Crippen molar-refractivity contribution in [3.05, 3.63) is 0 Å². The summed E-state index contributed by atoms with van der Waals surface area (Å²) in [6.07, 6.45) is 4.07. The van der Waals surface area contributed by atoms with Gasteiger partial charge in [-0.3, -0.25) is 4.79 Å². The lowest BCUT2D eigenvalue weighted by molar-refractivity contribution is -0.134. The molecule has 3 N–H and O–H groups in total. The van der Waals surface area contributed by atoms with Crippen molar-refractivity contribution >= 4 is 11.7 Å². The topological polar surface area (TPSA) is 88.1 Å². The molecule has 104 valence electrons. The lowest BCUT2D eigenvalue weighted by Gasteiger charge is -2.26. The molecule has 6 nitrogen and oxygen atoms in total. The molecule has 0 aromatic carbocycles. The van der Waals surface area contributed by atoms with Crippen molar-refractivity contribution in [2.75, 3.05) is 19.7 Å². The maximum absolute atomic E-state index is 12.0. The van der Waals surface area contributed by atoms with Crippen molar-refractivity contribution in [1.82, 2.24) is 4.90 Å². The number of amides is 1. The molecule has 1 atom stereocenters. The third kappa shape index (κ3) is 4.91. The number of carbonyl (C=O) groups is 1. The number of nitrogens with zero attached hydrogens (tertiary/aromatic N) is 2. The van der Waals surface area contributed by atoms with Gasteiger partial charge in [0.05, 0.1) is 12.5 Å². The minimum absolute atomic E-state index is 0.0594. The molecule has 1 unspecified atom stereocenters. The number of ether oxygens (including phenoxy) is 1. The first-order chi connectivity index (χ1) is 8.67. The monoisotopic (exact) mass is 257 g/mol. The molecule has 1 heterocycles. The highest BCUT2D eigenvalue weighted by Crippen LogP contribution is 2.16. The van der Waals surface area contributed by atoms with Gasteiger partial charge in [-0.1, -0.05) is 5.16 Å². The molecule has 0 spiro atoms. The van der Waals surface area contributed by atoms with Crippen LogP contribution in [-0.4, -0.2) is 47.7 Å². The molecule has 1 aliphatic heterocycles. The predicted octanol–water partition coefficient (Wildman–Crippen LogP) is 0.931. The molecular weight excluding hydrogens is 234 g/mol. The van der Waals surface area contributed by atoms with Crippen LogP contribution in [0, 0.1) is 0 Å². The van der Waals surface area contributed by atoms with Crippen LogP contribution in [0.1, 0.15) is 39.0 Å². The summed E-state index contributed by atoms with van der Waals surface area (Å²) < 4.78 is 5.55. The van der Waals surface area contributed by atoms with E-state index in [1.807, 2.05) is 6.92 Å². The summed E-state index contributed by atoms with van der Waals surface area (Å²) in [5.41, 5.74) is 5.40. The van der Waals surface area contributed by atoms with Crippen LogP contribution in [0.15, 0.2) is 5.16 Å². The van der Waals surface area contributed by atoms with Gasteiger partial charge in [-0.25, -0.2) is 0 Å². The second-order valence-corrected chi connectivity index (χ2v) is 4.51. The second kappa shape index (κ2) is 7.92. The molecule has 0 radical (unpaired) electrons. The highest BCUT2D eigenvalue weighted by Gasteiger charge is 2.20. The third-order valence-corrected chi connectivity index (χ3v) is 3.18. The van der Waals surface area contributed by atoms with Gasteiger partial charge in [-0.2, -0.15) is 0 Å². The highest BCUT2D eigenvalue weighted by molar-refractivity contribution is 5.81. The molecule has 6 heteroatoms. The Morgan fingerprint density at radius 1 is 1.56 bits per heavy atom. The van der Waals surface area contributed by atoms with E-state index >= 15 is 0 Å². The summed E-state index contributed by atoms with van der Waals surface area (Å²) >= 11 is 0. The van der Waals surface area contributed by atoms with E-state index in [1.165, 1.54) is 0 Å². The Morgan fingerprint density at radius 3 is 2.89 bits per heavy atom. The predicted molar refractivity (Wildman–Crippen MR) is 68.5 cm³/mol. The molecule has 18 heavy (non-hydrogen) atoms. The minimum Gasteiger partial charge on any atom is -0.409 e. The summed E-state index contributed by atoms with van der Waals surface area (Å²) in [4.78, 5) is 13.8. The van der Waals surface area contributed by atoms with E-state index in [2.05, 4.69) is 5.16 Å². The minimum atomic E-state index is 0.0594. The van der Waals surface area contributed by atoms with Crippen molar-refractivity contribution in [2.24, 2.45) is 10.9 Å². The lowest BCUT2D eigenvalue weighted by Crippen LogP contribution is -2.36. The number of nitrogens with two attached hydrogens (primary N) is 1. The van der Waals surface area contributed by atoms with Crippen LogP contribution in [0.4, 0.5) is 0 Å². The van der Waals surface area contributed by atoms with E-state index in [0.717, 1.165) is 25.9 Å². The molecule has 0 aromatic heterocycles. The van der Waals surface area contributed by atoms with Gasteiger partial charge in [0.2, 0.25) is 5.91 Å². The maximum atomic E-state index is 12.0. The van der Waals surface area contributed by atoms with Gasteiger partial charge in [-0.15, -0.1) is 0 Å². The molecule has 0 aromatic rings. The van der Waals surface area contributed by atoms with Crippen LogP contribution >= 0.6 is 0 Å². The van der Waals surface area contributed by atoms with E-state index in [-0.39, 0.29) is 17.8 Å². The summed E-state index contributed by atoms with van der Waals surface area (Å²) in [6.45, 7) is 3.79. The van der Waals surface area contributed by atoms with E-state index in [9.17, 15) is 4.79 Å². The first kappa shape index (κ1) is 14.8. The Balaban J connectivity index is 2.36. The third-order valence-electron chi connectivity index (χ3n) is 3.18. The van der Waals surface area contributed by atoms with Gasteiger partial charge < -0.3 is 20.6 Å².